The van der Waals surface area contributed by atoms with Crippen molar-refractivity contribution in [2.75, 3.05) is 34.8 Å². The van der Waals surface area contributed by atoms with Crippen molar-refractivity contribution in [3.63, 3.8) is 0 Å². The Morgan fingerprint density at radius 1 is 1.00 bits per heavy atom. The molecule has 1 N–H and O–H groups in total. The fraction of sp³-hybridized carbons (Fsp3) is 0.278. The molecule has 3 rings (SSSR count). The van der Waals surface area contributed by atoms with Gasteiger partial charge in [-0.2, -0.15) is 13.2 Å². The quantitative estimate of drug-likeness (QED) is 0.584. The molecule has 0 fully saturated rings. The van der Waals surface area contributed by atoms with Gasteiger partial charge in [0.05, 0.1) is 17.8 Å². The van der Waals surface area contributed by atoms with Gasteiger partial charge in [-0.25, -0.2) is 18.0 Å². The average Bonchev–Trinajstić information content (AvgIpc) is 2.63. The molecule has 4 nitrogen and oxygen atoms in total. The van der Waals surface area contributed by atoms with Crippen molar-refractivity contribution in [3.8, 4) is 0 Å². The van der Waals surface area contributed by atoms with Crippen molar-refractivity contribution in [1.29, 1.82) is 0 Å². The molecule has 1 aliphatic rings. The first-order chi connectivity index (χ1) is 13.2. The third kappa shape index (κ3) is 4.32. The molecule has 28 heavy (non-hydrogen) atoms. The Balaban J connectivity index is 1.80. The Kier molecular flexibility index (Phi) is 5.39. The standard InChI is InChI=1S/C18H15F6N3O/c19-12-9-11(10-13(20)16(12)21)25-17(28)27-8-7-26(6-5-18(22,23)24)14-3-1-2-4-15(14)27/h1-4,9-10H,5-8H2,(H,25,28). The van der Waals surface area contributed by atoms with E-state index in [1.54, 1.807) is 24.3 Å². The van der Waals surface area contributed by atoms with Gasteiger partial charge in [0.1, 0.15) is 0 Å². The lowest BCUT2D eigenvalue weighted by atomic mass is 10.1. The van der Waals surface area contributed by atoms with E-state index in [-0.39, 0.29) is 25.3 Å². The molecule has 0 aromatic heterocycles. The van der Waals surface area contributed by atoms with Crippen molar-refractivity contribution >= 4 is 23.1 Å². The van der Waals surface area contributed by atoms with Crippen LogP contribution in [0.3, 0.4) is 0 Å². The molecular weight excluding hydrogens is 388 g/mol. The van der Waals surface area contributed by atoms with Crippen LogP contribution in [0.2, 0.25) is 0 Å². The van der Waals surface area contributed by atoms with E-state index in [1.807, 2.05) is 0 Å². The zero-order valence-corrected chi connectivity index (χ0v) is 14.4. The zero-order chi connectivity index (χ0) is 20.5. The highest BCUT2D eigenvalue weighted by molar-refractivity contribution is 6.04. The molecule has 0 spiro atoms. The van der Waals surface area contributed by atoms with E-state index in [0.29, 0.717) is 23.5 Å². The summed E-state index contributed by atoms with van der Waals surface area (Å²) >= 11 is 0. The monoisotopic (exact) mass is 403 g/mol. The largest absolute Gasteiger partial charge is 0.390 e. The van der Waals surface area contributed by atoms with Crippen LogP contribution in [0.15, 0.2) is 36.4 Å². The molecule has 0 aliphatic carbocycles. The van der Waals surface area contributed by atoms with Crippen LogP contribution in [0.25, 0.3) is 0 Å². The fourth-order valence-electron chi connectivity index (χ4n) is 2.95. The van der Waals surface area contributed by atoms with Crippen molar-refractivity contribution in [1.82, 2.24) is 0 Å². The smallest absolute Gasteiger partial charge is 0.368 e. The summed E-state index contributed by atoms with van der Waals surface area (Å²) < 4.78 is 77.3. The average molecular weight is 403 g/mol. The lowest BCUT2D eigenvalue weighted by molar-refractivity contribution is -0.132. The zero-order valence-electron chi connectivity index (χ0n) is 14.4. The number of alkyl halides is 3. The molecule has 10 heteroatoms. The second kappa shape index (κ2) is 7.61. The summed E-state index contributed by atoms with van der Waals surface area (Å²) in [7, 11) is 0. The predicted octanol–water partition coefficient (Wildman–Crippen LogP) is 4.91. The van der Waals surface area contributed by atoms with Crippen LogP contribution in [-0.2, 0) is 0 Å². The Bertz CT molecular complexity index is 863. The first-order valence-corrected chi connectivity index (χ1v) is 8.29. The van der Waals surface area contributed by atoms with E-state index in [4.69, 9.17) is 0 Å². The maximum Gasteiger partial charge on any atom is 0.390 e. The number of anilines is 3. The molecule has 150 valence electrons. The minimum absolute atomic E-state index is 0.0624. The SMILES string of the molecule is O=C(Nc1cc(F)c(F)c(F)c1)N1CCN(CCC(F)(F)F)c2ccccc21. The molecule has 1 heterocycles. The lowest BCUT2D eigenvalue weighted by Crippen LogP contribution is -2.46. The van der Waals surface area contributed by atoms with Crippen molar-refractivity contribution < 1.29 is 31.1 Å². The molecule has 0 saturated carbocycles. The molecule has 2 aromatic carbocycles. The number of nitrogens with zero attached hydrogens (tertiary/aromatic N) is 2. The van der Waals surface area contributed by atoms with Crippen LogP contribution in [0.5, 0.6) is 0 Å². The molecule has 0 unspecified atom stereocenters. The maximum atomic E-state index is 13.3. The topological polar surface area (TPSA) is 35.6 Å². The van der Waals surface area contributed by atoms with Crippen LogP contribution >= 0.6 is 0 Å². The number of benzene rings is 2. The molecule has 0 atom stereocenters. The number of nitrogens with one attached hydrogen (secondary N) is 1. The van der Waals surface area contributed by atoms with Crippen molar-refractivity contribution in [2.24, 2.45) is 0 Å². The van der Waals surface area contributed by atoms with Crippen molar-refractivity contribution in [3.05, 3.63) is 53.8 Å². The fourth-order valence-corrected chi connectivity index (χ4v) is 2.95. The minimum atomic E-state index is -4.31. The number of hydrogen-bond acceptors (Lipinski definition) is 2. The molecule has 0 bridgehead atoms. The van der Waals surface area contributed by atoms with Gasteiger partial charge in [-0.05, 0) is 12.1 Å². The molecule has 0 radical (unpaired) electrons. The van der Waals surface area contributed by atoms with E-state index in [2.05, 4.69) is 5.32 Å². The van der Waals surface area contributed by atoms with Gasteiger partial charge in [-0.15, -0.1) is 0 Å². The third-order valence-electron chi connectivity index (χ3n) is 4.25. The van der Waals surface area contributed by atoms with Crippen LogP contribution in [0, 0.1) is 17.5 Å². The van der Waals surface area contributed by atoms with E-state index < -0.39 is 36.1 Å². The number of fused-ring (bicyclic) bond motifs is 1. The maximum absolute atomic E-state index is 13.3. The van der Waals surface area contributed by atoms with E-state index in [9.17, 15) is 31.1 Å². The Labute approximate surface area is 156 Å². The van der Waals surface area contributed by atoms with Crippen LogP contribution in [0.1, 0.15) is 6.42 Å². The normalized spacial score (nSPS) is 14.1. The summed E-state index contributed by atoms with van der Waals surface area (Å²) in [5.41, 5.74) is 0.513. The molecular formula is C18H15F6N3O. The van der Waals surface area contributed by atoms with Gasteiger partial charge in [0.15, 0.2) is 17.5 Å². The third-order valence-corrected chi connectivity index (χ3v) is 4.25. The number of carbonyl (C=O) groups is 1. The first-order valence-electron chi connectivity index (χ1n) is 8.29. The van der Waals surface area contributed by atoms with E-state index in [0.717, 1.165) is 0 Å². The van der Waals surface area contributed by atoms with Gasteiger partial charge in [-0.1, -0.05) is 12.1 Å². The Morgan fingerprint density at radius 2 is 1.61 bits per heavy atom. The van der Waals surface area contributed by atoms with Crippen LogP contribution < -0.4 is 15.1 Å². The van der Waals surface area contributed by atoms with Gasteiger partial charge >= 0.3 is 12.2 Å². The summed E-state index contributed by atoms with van der Waals surface area (Å²) in [6.07, 6.45) is -5.30. The molecule has 2 amide bonds. The summed E-state index contributed by atoms with van der Waals surface area (Å²) in [4.78, 5) is 15.3. The summed E-state index contributed by atoms with van der Waals surface area (Å²) in [5.74, 6) is -4.55. The highest BCUT2D eigenvalue weighted by Gasteiger charge is 2.31. The Morgan fingerprint density at radius 3 is 2.21 bits per heavy atom. The molecule has 1 aliphatic heterocycles. The number of para-hydroxylation sites is 2. The van der Waals surface area contributed by atoms with E-state index in [1.165, 1.54) is 9.80 Å². The second-order valence-corrected chi connectivity index (χ2v) is 6.18. The van der Waals surface area contributed by atoms with E-state index >= 15 is 0 Å². The van der Waals surface area contributed by atoms with Gasteiger partial charge in [0, 0.05) is 37.5 Å². The molecule has 0 saturated heterocycles. The highest BCUT2D eigenvalue weighted by Crippen LogP contribution is 2.34. The summed E-state index contributed by atoms with van der Waals surface area (Å²) in [5, 5.41) is 2.27. The molecule has 2 aromatic rings. The number of hydrogen-bond donors (Lipinski definition) is 1. The lowest BCUT2D eigenvalue weighted by Gasteiger charge is -2.37. The predicted molar refractivity (Wildman–Crippen MR) is 92.0 cm³/mol. The summed E-state index contributed by atoms with van der Waals surface area (Å²) in [6.45, 7) is -0.0517. The van der Waals surface area contributed by atoms with Crippen LogP contribution in [0.4, 0.5) is 48.2 Å². The first kappa shape index (κ1) is 19.8. The minimum Gasteiger partial charge on any atom is -0.368 e. The number of urea groups is 1. The number of amides is 2. The number of carbonyl (C=O) groups excluding carboxylic acids is 1. The van der Waals surface area contributed by atoms with Gasteiger partial charge in [0.25, 0.3) is 0 Å². The van der Waals surface area contributed by atoms with Gasteiger partial charge in [-0.3, -0.25) is 4.90 Å². The number of rotatable bonds is 3. The highest BCUT2D eigenvalue weighted by atomic mass is 19.4. The summed E-state index contributed by atoms with van der Waals surface area (Å²) in [6, 6.07) is 6.93. The van der Waals surface area contributed by atoms with Gasteiger partial charge in [0.2, 0.25) is 0 Å². The number of halogens is 6. The van der Waals surface area contributed by atoms with Gasteiger partial charge < -0.3 is 10.2 Å². The van der Waals surface area contributed by atoms with Crippen LogP contribution in [-0.4, -0.2) is 31.8 Å². The van der Waals surface area contributed by atoms with Crippen molar-refractivity contribution in [2.45, 2.75) is 12.6 Å². The second-order valence-electron chi connectivity index (χ2n) is 6.18. The Hall–Kier alpha value is -2.91.